The van der Waals surface area contributed by atoms with Crippen molar-refractivity contribution in [3.63, 3.8) is 0 Å². The van der Waals surface area contributed by atoms with Crippen molar-refractivity contribution in [1.29, 1.82) is 0 Å². The number of aromatic amines is 1. The number of aromatic nitrogens is 4. The van der Waals surface area contributed by atoms with Gasteiger partial charge in [-0.05, 0) is 29.3 Å². The van der Waals surface area contributed by atoms with Crippen LogP contribution >= 0.6 is 0 Å². The number of nitrogens with zero attached hydrogens (tertiary/aromatic N) is 4. The average Bonchev–Trinajstić information content (AvgIpc) is 3.13. The van der Waals surface area contributed by atoms with Crippen LogP contribution in [-0.2, 0) is 13.2 Å². The predicted molar refractivity (Wildman–Crippen MR) is 102 cm³/mol. The number of hydrogen-bond acceptors (Lipinski definition) is 5. The van der Waals surface area contributed by atoms with Gasteiger partial charge in [-0.15, -0.1) is 0 Å². The normalized spacial score (nSPS) is 11.0. The van der Waals surface area contributed by atoms with Crippen LogP contribution in [0.3, 0.4) is 0 Å². The second-order valence-corrected chi connectivity index (χ2v) is 6.17. The molecule has 0 amide bonds. The van der Waals surface area contributed by atoms with E-state index in [1.807, 2.05) is 49.5 Å². The van der Waals surface area contributed by atoms with Crippen molar-refractivity contribution in [1.82, 2.24) is 19.9 Å². The third-order valence-corrected chi connectivity index (χ3v) is 4.34. The van der Waals surface area contributed by atoms with E-state index in [9.17, 15) is 5.11 Å². The summed E-state index contributed by atoms with van der Waals surface area (Å²) in [5.74, 6) is 0.857. The van der Waals surface area contributed by atoms with E-state index in [0.717, 1.165) is 39.4 Å². The van der Waals surface area contributed by atoms with Crippen molar-refractivity contribution in [2.75, 3.05) is 11.9 Å². The summed E-state index contributed by atoms with van der Waals surface area (Å²) in [5.41, 5.74) is 4.68. The van der Waals surface area contributed by atoms with Gasteiger partial charge in [-0.1, -0.05) is 30.3 Å². The first-order valence-electron chi connectivity index (χ1n) is 8.39. The third kappa shape index (κ3) is 3.14. The number of anilines is 1. The zero-order chi connectivity index (χ0) is 17.9. The molecule has 0 aliphatic carbocycles. The molecule has 0 saturated carbocycles. The molecule has 0 unspecified atom stereocenters. The Bertz CT molecular complexity index is 1010. The molecule has 0 radical (unpaired) electrons. The number of aliphatic hydroxyl groups excluding tert-OH is 1. The van der Waals surface area contributed by atoms with Crippen molar-refractivity contribution in [3.05, 3.63) is 72.3 Å². The second kappa shape index (κ2) is 6.93. The number of fused-ring (bicyclic) bond motifs is 1. The lowest BCUT2D eigenvalue weighted by Gasteiger charge is -2.18. The summed E-state index contributed by atoms with van der Waals surface area (Å²) < 4.78 is 0. The van der Waals surface area contributed by atoms with Crippen molar-refractivity contribution < 1.29 is 5.11 Å². The quantitative estimate of drug-likeness (QED) is 0.581. The minimum absolute atomic E-state index is 0.0426. The molecule has 0 spiro atoms. The number of rotatable bonds is 5. The molecule has 2 N–H and O–H groups in total. The Balaban J connectivity index is 1.68. The topological polar surface area (TPSA) is 77.9 Å². The lowest BCUT2D eigenvalue weighted by Crippen LogP contribution is -2.18. The molecule has 0 aliphatic heterocycles. The van der Waals surface area contributed by atoms with Crippen LogP contribution in [0.15, 0.2) is 61.1 Å². The summed E-state index contributed by atoms with van der Waals surface area (Å²) in [4.78, 5) is 18.6. The smallest absolute Gasteiger partial charge is 0.143 e. The van der Waals surface area contributed by atoms with Crippen LogP contribution in [0.5, 0.6) is 0 Å². The highest BCUT2D eigenvalue weighted by atomic mass is 16.3. The SMILES string of the molecule is CN(Cc1ccccn1)c1ncnc2[nH]c(-c3ccc(CO)cc3)cc12. The van der Waals surface area contributed by atoms with Crippen LogP contribution in [0.4, 0.5) is 5.82 Å². The fraction of sp³-hybridized carbons (Fsp3) is 0.150. The Morgan fingerprint density at radius 2 is 1.88 bits per heavy atom. The van der Waals surface area contributed by atoms with Crippen LogP contribution in [0, 0.1) is 0 Å². The Hall–Kier alpha value is -3.25. The first kappa shape index (κ1) is 16.2. The highest BCUT2D eigenvalue weighted by molar-refractivity contribution is 5.91. The summed E-state index contributed by atoms with van der Waals surface area (Å²) in [7, 11) is 2.00. The van der Waals surface area contributed by atoms with E-state index >= 15 is 0 Å². The van der Waals surface area contributed by atoms with Crippen molar-refractivity contribution >= 4 is 16.9 Å². The average molecular weight is 345 g/mol. The standard InChI is InChI=1S/C20H19N5O/c1-25(11-16-4-2-3-9-21-16)20-17-10-18(24-19(17)22-13-23-20)15-7-5-14(12-26)6-8-15/h2-10,13,26H,11-12H2,1H3,(H,22,23,24). The Morgan fingerprint density at radius 1 is 1.04 bits per heavy atom. The molecule has 6 nitrogen and oxygen atoms in total. The van der Waals surface area contributed by atoms with Gasteiger partial charge in [0.15, 0.2) is 0 Å². The van der Waals surface area contributed by atoms with Crippen LogP contribution in [0.1, 0.15) is 11.3 Å². The molecule has 0 aliphatic rings. The van der Waals surface area contributed by atoms with Crippen molar-refractivity contribution in [3.8, 4) is 11.3 Å². The Kier molecular flexibility index (Phi) is 4.33. The molecule has 26 heavy (non-hydrogen) atoms. The highest BCUT2D eigenvalue weighted by Gasteiger charge is 2.13. The number of H-pyrrole nitrogens is 1. The largest absolute Gasteiger partial charge is 0.392 e. The summed E-state index contributed by atoms with van der Waals surface area (Å²) in [6, 6.07) is 15.8. The minimum Gasteiger partial charge on any atom is -0.392 e. The summed E-state index contributed by atoms with van der Waals surface area (Å²) >= 11 is 0. The monoisotopic (exact) mass is 345 g/mol. The summed E-state index contributed by atoms with van der Waals surface area (Å²) in [5, 5.41) is 10.2. The lowest BCUT2D eigenvalue weighted by molar-refractivity contribution is 0.282. The molecule has 130 valence electrons. The molecule has 3 heterocycles. The van der Waals surface area contributed by atoms with E-state index in [-0.39, 0.29) is 6.61 Å². The van der Waals surface area contributed by atoms with Crippen molar-refractivity contribution in [2.24, 2.45) is 0 Å². The number of pyridine rings is 1. The van der Waals surface area contributed by atoms with E-state index in [4.69, 9.17) is 0 Å². The maximum Gasteiger partial charge on any atom is 0.143 e. The molecule has 0 bridgehead atoms. The van der Waals surface area contributed by atoms with Gasteiger partial charge in [0.1, 0.15) is 17.8 Å². The van der Waals surface area contributed by atoms with Gasteiger partial charge in [0.05, 0.1) is 24.2 Å². The number of aliphatic hydroxyl groups is 1. The van der Waals surface area contributed by atoms with E-state index in [1.54, 1.807) is 12.5 Å². The van der Waals surface area contributed by atoms with Gasteiger partial charge in [-0.2, -0.15) is 0 Å². The predicted octanol–water partition coefficient (Wildman–Crippen LogP) is 3.15. The van der Waals surface area contributed by atoms with E-state index in [2.05, 4.69) is 30.9 Å². The van der Waals surface area contributed by atoms with Crippen LogP contribution in [-0.4, -0.2) is 32.1 Å². The van der Waals surface area contributed by atoms with E-state index in [1.165, 1.54) is 0 Å². The molecular formula is C20H19N5O. The fourth-order valence-corrected chi connectivity index (χ4v) is 2.99. The molecule has 1 aromatic carbocycles. The summed E-state index contributed by atoms with van der Waals surface area (Å²) in [6.45, 7) is 0.708. The van der Waals surface area contributed by atoms with Crippen molar-refractivity contribution in [2.45, 2.75) is 13.2 Å². The van der Waals surface area contributed by atoms with Gasteiger partial charge in [0, 0.05) is 18.9 Å². The van der Waals surface area contributed by atoms with Gasteiger partial charge in [-0.3, -0.25) is 4.98 Å². The zero-order valence-corrected chi connectivity index (χ0v) is 14.4. The number of benzene rings is 1. The van der Waals surface area contributed by atoms with Crippen LogP contribution in [0.2, 0.25) is 0 Å². The Labute approximate surface area is 151 Å². The third-order valence-electron chi connectivity index (χ3n) is 4.34. The fourth-order valence-electron chi connectivity index (χ4n) is 2.99. The maximum atomic E-state index is 9.20. The summed E-state index contributed by atoms with van der Waals surface area (Å²) in [6.07, 6.45) is 3.37. The van der Waals surface area contributed by atoms with E-state index < -0.39 is 0 Å². The first-order chi connectivity index (χ1) is 12.7. The van der Waals surface area contributed by atoms with Gasteiger partial charge >= 0.3 is 0 Å². The molecule has 6 heteroatoms. The molecule has 0 saturated heterocycles. The van der Waals surface area contributed by atoms with E-state index in [0.29, 0.717) is 6.54 Å². The number of nitrogens with one attached hydrogen (secondary N) is 1. The molecule has 0 atom stereocenters. The van der Waals surface area contributed by atoms with Gasteiger partial charge in [0.25, 0.3) is 0 Å². The second-order valence-electron chi connectivity index (χ2n) is 6.17. The Morgan fingerprint density at radius 3 is 2.62 bits per heavy atom. The molecule has 3 aromatic heterocycles. The number of hydrogen-bond donors (Lipinski definition) is 2. The maximum absolute atomic E-state index is 9.20. The molecule has 4 aromatic rings. The molecule has 0 fully saturated rings. The minimum atomic E-state index is 0.0426. The highest BCUT2D eigenvalue weighted by Crippen LogP contribution is 2.28. The van der Waals surface area contributed by atoms with Crippen LogP contribution < -0.4 is 4.90 Å². The first-order valence-corrected chi connectivity index (χ1v) is 8.39. The van der Waals surface area contributed by atoms with Crippen LogP contribution in [0.25, 0.3) is 22.3 Å². The van der Waals surface area contributed by atoms with Gasteiger partial charge in [0.2, 0.25) is 0 Å². The lowest BCUT2D eigenvalue weighted by atomic mass is 10.1. The molecular weight excluding hydrogens is 326 g/mol. The zero-order valence-electron chi connectivity index (χ0n) is 14.4. The van der Waals surface area contributed by atoms with Gasteiger partial charge < -0.3 is 15.0 Å². The van der Waals surface area contributed by atoms with Gasteiger partial charge in [-0.25, -0.2) is 9.97 Å². The molecule has 4 rings (SSSR count).